The van der Waals surface area contributed by atoms with E-state index >= 15 is 0 Å². The van der Waals surface area contributed by atoms with E-state index in [-0.39, 0.29) is 0 Å². The summed E-state index contributed by atoms with van der Waals surface area (Å²) in [5.74, 6) is -0.893. The zero-order valence-electron chi connectivity index (χ0n) is 10.7. The first kappa shape index (κ1) is 12.6. The van der Waals surface area contributed by atoms with Gasteiger partial charge in [-0.25, -0.2) is 4.79 Å². The topological polar surface area (TPSA) is 79.1 Å². The van der Waals surface area contributed by atoms with Crippen LogP contribution in [-0.4, -0.2) is 22.6 Å². The van der Waals surface area contributed by atoms with E-state index in [9.17, 15) is 9.90 Å². The van der Waals surface area contributed by atoms with E-state index in [4.69, 9.17) is 5.73 Å². The first-order valence-corrected chi connectivity index (χ1v) is 6.09. The van der Waals surface area contributed by atoms with Gasteiger partial charge in [-0.3, -0.25) is 0 Å². The summed E-state index contributed by atoms with van der Waals surface area (Å²) in [4.78, 5) is 14.5. The number of fused-ring (bicyclic) bond motifs is 1. The van der Waals surface area contributed by atoms with E-state index < -0.39 is 5.97 Å². The number of aromatic nitrogens is 1. The van der Waals surface area contributed by atoms with E-state index in [0.29, 0.717) is 12.1 Å². The molecule has 1 aromatic heterocycles. The lowest BCUT2D eigenvalue weighted by Crippen LogP contribution is -2.01. The van der Waals surface area contributed by atoms with Crippen LogP contribution in [0.2, 0.25) is 0 Å². The highest BCUT2D eigenvalue weighted by atomic mass is 16.4. The van der Waals surface area contributed by atoms with Crippen molar-refractivity contribution in [3.8, 4) is 0 Å². The monoisotopic (exact) mass is 246 g/mol. The predicted octanol–water partition coefficient (Wildman–Crippen LogP) is 2.37. The molecule has 1 aromatic carbocycles. The van der Waals surface area contributed by atoms with Crippen LogP contribution in [0.4, 0.5) is 0 Å². The Hall–Kier alpha value is -1.81. The molecule has 0 spiro atoms. The first-order valence-electron chi connectivity index (χ1n) is 6.09. The van der Waals surface area contributed by atoms with Crippen LogP contribution in [0.3, 0.4) is 0 Å². The van der Waals surface area contributed by atoms with Crippen LogP contribution in [0.15, 0.2) is 12.1 Å². The van der Waals surface area contributed by atoms with Crippen LogP contribution >= 0.6 is 0 Å². The quantitative estimate of drug-likeness (QED) is 0.775. The molecule has 0 amide bonds. The summed E-state index contributed by atoms with van der Waals surface area (Å²) in [6, 6.07) is 3.74. The molecular formula is C14H18N2O2. The van der Waals surface area contributed by atoms with Gasteiger partial charge in [0.2, 0.25) is 0 Å². The van der Waals surface area contributed by atoms with Crippen molar-refractivity contribution in [1.29, 1.82) is 0 Å². The molecule has 1 heterocycles. The maximum atomic E-state index is 11.3. The summed E-state index contributed by atoms with van der Waals surface area (Å²) in [5, 5.41) is 10.3. The van der Waals surface area contributed by atoms with Crippen LogP contribution in [0.25, 0.3) is 10.9 Å². The van der Waals surface area contributed by atoms with Crippen LogP contribution in [-0.2, 0) is 6.42 Å². The van der Waals surface area contributed by atoms with E-state index in [1.165, 1.54) is 5.56 Å². The predicted molar refractivity (Wildman–Crippen MR) is 72.1 cm³/mol. The molecule has 0 aliphatic rings. The molecule has 0 aliphatic heterocycles. The fraction of sp³-hybridized carbons (Fsp3) is 0.357. The van der Waals surface area contributed by atoms with Gasteiger partial charge in [0, 0.05) is 11.1 Å². The molecule has 96 valence electrons. The Morgan fingerprint density at radius 2 is 2.11 bits per heavy atom. The number of aromatic carboxylic acids is 1. The van der Waals surface area contributed by atoms with Gasteiger partial charge in [0.1, 0.15) is 0 Å². The summed E-state index contributed by atoms with van der Waals surface area (Å²) in [6.45, 7) is 4.54. The van der Waals surface area contributed by atoms with Crippen LogP contribution in [0.5, 0.6) is 0 Å². The number of rotatable bonds is 4. The minimum atomic E-state index is -0.893. The van der Waals surface area contributed by atoms with Crippen LogP contribution < -0.4 is 5.73 Å². The zero-order valence-corrected chi connectivity index (χ0v) is 10.7. The summed E-state index contributed by atoms with van der Waals surface area (Å²) < 4.78 is 0. The van der Waals surface area contributed by atoms with Crippen LogP contribution in [0, 0.1) is 13.8 Å². The summed E-state index contributed by atoms with van der Waals surface area (Å²) in [5.41, 5.74) is 9.78. The van der Waals surface area contributed by atoms with Crippen molar-refractivity contribution in [2.45, 2.75) is 26.7 Å². The highest BCUT2D eigenvalue weighted by Crippen LogP contribution is 2.27. The van der Waals surface area contributed by atoms with Gasteiger partial charge in [-0.1, -0.05) is 0 Å². The maximum Gasteiger partial charge on any atom is 0.337 e. The van der Waals surface area contributed by atoms with Crippen molar-refractivity contribution in [1.82, 2.24) is 4.98 Å². The molecule has 4 nitrogen and oxygen atoms in total. The van der Waals surface area contributed by atoms with Crippen molar-refractivity contribution in [2.24, 2.45) is 5.73 Å². The van der Waals surface area contributed by atoms with Gasteiger partial charge in [0.15, 0.2) is 0 Å². The Balaban J connectivity index is 2.66. The highest BCUT2D eigenvalue weighted by Gasteiger charge is 2.15. The van der Waals surface area contributed by atoms with Gasteiger partial charge in [0.05, 0.1) is 11.1 Å². The lowest BCUT2D eigenvalue weighted by molar-refractivity contribution is 0.0698. The molecule has 0 fully saturated rings. The van der Waals surface area contributed by atoms with Crippen molar-refractivity contribution in [3.05, 3.63) is 34.5 Å². The molecule has 2 rings (SSSR count). The molecule has 18 heavy (non-hydrogen) atoms. The minimum Gasteiger partial charge on any atom is -0.478 e. The van der Waals surface area contributed by atoms with E-state index in [2.05, 4.69) is 4.98 Å². The number of carboxylic acids is 1. The molecule has 0 saturated heterocycles. The number of benzene rings is 1. The number of nitrogens with one attached hydrogen (secondary N) is 1. The second-order valence-electron chi connectivity index (χ2n) is 4.66. The van der Waals surface area contributed by atoms with E-state index in [1.807, 2.05) is 19.9 Å². The number of carboxylic acid groups (broad SMARTS) is 1. The van der Waals surface area contributed by atoms with Gasteiger partial charge < -0.3 is 15.8 Å². The zero-order chi connectivity index (χ0) is 13.3. The fourth-order valence-electron chi connectivity index (χ4n) is 2.39. The van der Waals surface area contributed by atoms with Crippen molar-refractivity contribution in [2.75, 3.05) is 6.54 Å². The standard InChI is InChI=1S/C14H18N2O2/c1-8-6-11-10(4-3-5-15)9(2)16-13(11)12(7-8)14(17)18/h6-7,16H,3-5,15H2,1-2H3,(H,17,18). The average molecular weight is 246 g/mol. The fourth-order valence-corrected chi connectivity index (χ4v) is 2.39. The lowest BCUT2D eigenvalue weighted by atomic mass is 10.0. The van der Waals surface area contributed by atoms with E-state index in [0.717, 1.165) is 35.0 Å². The summed E-state index contributed by atoms with van der Waals surface area (Å²) in [6.07, 6.45) is 1.79. The second-order valence-corrected chi connectivity index (χ2v) is 4.66. The van der Waals surface area contributed by atoms with Crippen LogP contribution in [0.1, 0.15) is 33.6 Å². The third-order valence-electron chi connectivity index (χ3n) is 3.23. The Kier molecular flexibility index (Phi) is 3.39. The largest absolute Gasteiger partial charge is 0.478 e. The number of hydrogen-bond donors (Lipinski definition) is 3. The number of hydrogen-bond acceptors (Lipinski definition) is 2. The number of nitrogens with two attached hydrogens (primary N) is 1. The number of aryl methyl sites for hydroxylation is 3. The molecule has 4 heteroatoms. The van der Waals surface area contributed by atoms with Gasteiger partial charge in [-0.05, 0) is 56.5 Å². The average Bonchev–Trinajstić information content (AvgIpc) is 2.61. The molecule has 4 N–H and O–H groups in total. The van der Waals surface area contributed by atoms with Crippen molar-refractivity contribution in [3.63, 3.8) is 0 Å². The SMILES string of the molecule is Cc1cc(C(=O)O)c2[nH]c(C)c(CCCN)c2c1. The molecule has 0 unspecified atom stereocenters. The summed E-state index contributed by atoms with van der Waals surface area (Å²) in [7, 11) is 0. The van der Waals surface area contributed by atoms with E-state index in [1.54, 1.807) is 6.07 Å². The smallest absolute Gasteiger partial charge is 0.337 e. The third kappa shape index (κ3) is 2.11. The maximum absolute atomic E-state index is 11.3. The Morgan fingerprint density at radius 3 is 2.72 bits per heavy atom. The third-order valence-corrected chi connectivity index (χ3v) is 3.23. The van der Waals surface area contributed by atoms with Gasteiger partial charge >= 0.3 is 5.97 Å². The van der Waals surface area contributed by atoms with Gasteiger partial charge in [-0.2, -0.15) is 0 Å². The molecule has 0 aliphatic carbocycles. The molecule has 2 aromatic rings. The Bertz CT molecular complexity index is 599. The number of H-pyrrole nitrogens is 1. The molecular weight excluding hydrogens is 228 g/mol. The molecule has 0 radical (unpaired) electrons. The Morgan fingerprint density at radius 1 is 1.39 bits per heavy atom. The lowest BCUT2D eigenvalue weighted by Gasteiger charge is -2.03. The molecule has 0 saturated carbocycles. The molecule has 0 atom stereocenters. The Labute approximate surface area is 106 Å². The van der Waals surface area contributed by atoms with Crippen molar-refractivity contribution < 1.29 is 9.90 Å². The minimum absolute atomic E-state index is 0.340. The van der Waals surface area contributed by atoms with Gasteiger partial charge in [-0.15, -0.1) is 0 Å². The first-order chi connectivity index (χ1) is 8.54. The summed E-state index contributed by atoms with van der Waals surface area (Å²) >= 11 is 0. The van der Waals surface area contributed by atoms with Gasteiger partial charge in [0.25, 0.3) is 0 Å². The number of carbonyl (C=O) groups is 1. The molecule has 0 bridgehead atoms. The highest BCUT2D eigenvalue weighted by molar-refractivity contribution is 6.03. The van der Waals surface area contributed by atoms with Crippen molar-refractivity contribution >= 4 is 16.9 Å². The second kappa shape index (κ2) is 4.82. The number of aromatic amines is 1. The normalized spacial score (nSPS) is 11.1.